The molecule has 3 aromatic rings. The average Bonchev–Trinajstić information content (AvgIpc) is 3.10. The minimum atomic E-state index is 0.781. The lowest BCUT2D eigenvalue weighted by atomic mass is 10.1. The van der Waals surface area contributed by atoms with Gasteiger partial charge in [-0.25, -0.2) is 4.57 Å². The minimum absolute atomic E-state index is 0.781. The van der Waals surface area contributed by atoms with Crippen LogP contribution in [0.25, 0.3) is 23.2 Å². The van der Waals surface area contributed by atoms with Crippen molar-refractivity contribution in [2.24, 2.45) is 0 Å². The molecule has 2 heterocycles. The monoisotopic (exact) mass is 389 g/mol. The maximum atomic E-state index is 4.64. The lowest BCUT2D eigenvalue weighted by molar-refractivity contribution is -0.697. The number of benzene rings is 1. The van der Waals surface area contributed by atoms with Gasteiger partial charge in [0.15, 0.2) is 12.4 Å². The molecular formula is C26H35N3. The van der Waals surface area contributed by atoms with Crippen molar-refractivity contribution in [1.82, 2.24) is 9.97 Å². The first kappa shape index (κ1) is 21.3. The first-order chi connectivity index (χ1) is 14.2. The first-order valence-electron chi connectivity index (χ1n) is 11.2. The zero-order chi connectivity index (χ0) is 20.5. The normalized spacial score (nSPS) is 11.7. The highest BCUT2D eigenvalue weighted by Gasteiger charge is 2.01. The average molecular weight is 390 g/mol. The predicted octanol–water partition coefficient (Wildman–Crippen LogP) is 6.41. The van der Waals surface area contributed by atoms with Crippen molar-refractivity contribution in [1.29, 1.82) is 0 Å². The summed E-state index contributed by atoms with van der Waals surface area (Å²) in [5, 5.41) is 0. The molecule has 0 N–H and O–H groups in total. The number of hydrogen-bond acceptors (Lipinski definition) is 1. The molecule has 0 saturated carbocycles. The maximum Gasteiger partial charge on any atom is 0.176 e. The zero-order valence-corrected chi connectivity index (χ0v) is 18.3. The van der Waals surface area contributed by atoms with Crippen LogP contribution in [0.15, 0.2) is 36.7 Å². The van der Waals surface area contributed by atoms with Crippen molar-refractivity contribution in [3.8, 4) is 0 Å². The molecular weight excluding hydrogens is 354 g/mol. The van der Waals surface area contributed by atoms with E-state index >= 15 is 0 Å². The van der Waals surface area contributed by atoms with Crippen molar-refractivity contribution in [2.75, 3.05) is 0 Å². The molecule has 0 spiro atoms. The van der Waals surface area contributed by atoms with E-state index in [2.05, 4.69) is 78.0 Å². The number of nitrogens with zero attached hydrogens (tertiary/aromatic N) is 3. The molecule has 0 aliphatic heterocycles. The summed E-state index contributed by atoms with van der Waals surface area (Å²) in [6.45, 7) is 7.60. The van der Waals surface area contributed by atoms with Crippen LogP contribution < -0.4 is 9.55 Å². The molecule has 154 valence electrons. The van der Waals surface area contributed by atoms with E-state index in [9.17, 15) is 0 Å². The SMILES string of the molecule is CCCCCCCCCC[n+]1cccc(/C=C/c2nc3cc(C)c(C)cc3[n-]2)c1. The topological polar surface area (TPSA) is 30.9 Å². The van der Waals surface area contributed by atoms with Crippen molar-refractivity contribution in [2.45, 2.75) is 78.7 Å². The second kappa shape index (κ2) is 10.9. The van der Waals surface area contributed by atoms with Crippen LogP contribution in [0, 0.1) is 13.8 Å². The fourth-order valence-electron chi connectivity index (χ4n) is 3.69. The molecule has 1 aromatic carbocycles. The number of aryl methyl sites for hydroxylation is 3. The van der Waals surface area contributed by atoms with Crippen molar-refractivity contribution in [3.63, 3.8) is 0 Å². The van der Waals surface area contributed by atoms with Crippen LogP contribution in [0.4, 0.5) is 0 Å². The van der Waals surface area contributed by atoms with Gasteiger partial charge in [0.2, 0.25) is 0 Å². The van der Waals surface area contributed by atoms with E-state index in [-0.39, 0.29) is 0 Å². The molecule has 0 saturated heterocycles. The van der Waals surface area contributed by atoms with Crippen LogP contribution in [-0.2, 0) is 6.54 Å². The Morgan fingerprint density at radius 1 is 0.931 bits per heavy atom. The number of hydrogen-bond donors (Lipinski definition) is 0. The van der Waals surface area contributed by atoms with Crippen LogP contribution in [0.5, 0.6) is 0 Å². The second-order valence-corrected chi connectivity index (χ2v) is 8.19. The van der Waals surface area contributed by atoms with Gasteiger partial charge in [0.1, 0.15) is 6.54 Å². The van der Waals surface area contributed by atoms with Crippen molar-refractivity contribution < 1.29 is 4.57 Å². The summed E-state index contributed by atoms with van der Waals surface area (Å²) in [6.07, 6.45) is 19.4. The summed E-state index contributed by atoms with van der Waals surface area (Å²) >= 11 is 0. The molecule has 3 heteroatoms. The molecule has 3 rings (SSSR count). The Bertz CT molecular complexity index is 897. The molecule has 0 atom stereocenters. The van der Waals surface area contributed by atoms with Crippen LogP contribution in [-0.4, -0.2) is 4.98 Å². The summed E-state index contributed by atoms with van der Waals surface area (Å²) in [6, 6.07) is 8.50. The molecule has 0 amide bonds. The van der Waals surface area contributed by atoms with Gasteiger partial charge in [0.25, 0.3) is 0 Å². The standard InChI is InChI=1S/C26H35N3/c1-4-5-6-7-8-9-10-11-16-29-17-12-13-23(20-29)14-15-26-27-24-18-21(2)22(3)19-25(24)28-26/h12-15,17-20H,4-11,16H2,1-3H3/b15-14+. The van der Waals surface area contributed by atoms with Gasteiger partial charge in [-0.05, 0) is 54.6 Å². The van der Waals surface area contributed by atoms with E-state index in [1.54, 1.807) is 0 Å². The van der Waals surface area contributed by atoms with Gasteiger partial charge in [0, 0.05) is 18.1 Å². The fraction of sp³-hybridized carbons (Fsp3) is 0.462. The third-order valence-corrected chi connectivity index (χ3v) is 5.64. The number of fused-ring (bicyclic) bond motifs is 1. The van der Waals surface area contributed by atoms with Crippen molar-refractivity contribution >= 4 is 23.2 Å². The Morgan fingerprint density at radius 3 is 2.45 bits per heavy atom. The highest BCUT2D eigenvalue weighted by molar-refractivity contribution is 5.80. The summed E-state index contributed by atoms with van der Waals surface area (Å²) < 4.78 is 2.30. The van der Waals surface area contributed by atoms with Crippen LogP contribution >= 0.6 is 0 Å². The minimum Gasteiger partial charge on any atom is -0.436 e. The van der Waals surface area contributed by atoms with Gasteiger partial charge in [-0.3, -0.25) is 0 Å². The maximum absolute atomic E-state index is 4.64. The van der Waals surface area contributed by atoms with E-state index in [4.69, 9.17) is 0 Å². The van der Waals surface area contributed by atoms with E-state index in [1.165, 1.54) is 68.1 Å². The first-order valence-corrected chi connectivity index (χ1v) is 11.2. The molecule has 0 aliphatic carbocycles. The highest BCUT2D eigenvalue weighted by atomic mass is 14.9. The van der Waals surface area contributed by atoms with Crippen LogP contribution in [0.3, 0.4) is 0 Å². The predicted molar refractivity (Wildman–Crippen MR) is 123 cm³/mol. The van der Waals surface area contributed by atoms with Gasteiger partial charge >= 0.3 is 0 Å². The highest BCUT2D eigenvalue weighted by Crippen LogP contribution is 2.17. The van der Waals surface area contributed by atoms with Gasteiger partial charge in [-0.2, -0.15) is 0 Å². The lowest BCUT2D eigenvalue weighted by Gasteiger charge is -2.01. The summed E-state index contributed by atoms with van der Waals surface area (Å²) in [5.41, 5.74) is 5.67. The number of unbranched alkanes of at least 4 members (excludes halogenated alkanes) is 7. The quantitative estimate of drug-likeness (QED) is 0.280. The van der Waals surface area contributed by atoms with E-state index in [0.29, 0.717) is 0 Å². The number of imidazole rings is 1. The summed E-state index contributed by atoms with van der Waals surface area (Å²) in [7, 11) is 0. The molecule has 29 heavy (non-hydrogen) atoms. The van der Waals surface area contributed by atoms with E-state index < -0.39 is 0 Å². The van der Waals surface area contributed by atoms with Crippen LogP contribution in [0.1, 0.15) is 80.8 Å². The third kappa shape index (κ3) is 6.56. The molecule has 0 bridgehead atoms. The van der Waals surface area contributed by atoms with E-state index in [0.717, 1.165) is 23.4 Å². The largest absolute Gasteiger partial charge is 0.436 e. The smallest absolute Gasteiger partial charge is 0.176 e. The number of aromatic nitrogens is 3. The summed E-state index contributed by atoms with van der Waals surface area (Å²) in [5.74, 6) is 0.781. The molecule has 2 aromatic heterocycles. The van der Waals surface area contributed by atoms with Crippen LogP contribution in [0.2, 0.25) is 0 Å². The molecule has 0 radical (unpaired) electrons. The Labute approximate surface area is 175 Å². The van der Waals surface area contributed by atoms with Gasteiger partial charge in [-0.1, -0.05) is 69.5 Å². The fourth-order valence-corrected chi connectivity index (χ4v) is 3.69. The molecule has 0 fully saturated rings. The lowest BCUT2D eigenvalue weighted by Crippen LogP contribution is -2.32. The van der Waals surface area contributed by atoms with Gasteiger partial charge < -0.3 is 9.97 Å². The Kier molecular flexibility index (Phi) is 8.03. The van der Waals surface area contributed by atoms with Gasteiger partial charge in [-0.15, -0.1) is 0 Å². The number of rotatable bonds is 11. The zero-order valence-electron chi connectivity index (χ0n) is 18.3. The Hall–Kier alpha value is -2.42. The molecule has 0 unspecified atom stereocenters. The second-order valence-electron chi connectivity index (χ2n) is 8.19. The van der Waals surface area contributed by atoms with Gasteiger partial charge in [0.05, 0.1) is 0 Å². The summed E-state index contributed by atoms with van der Waals surface area (Å²) in [4.78, 5) is 9.29. The van der Waals surface area contributed by atoms with E-state index in [1.807, 2.05) is 6.08 Å². The Morgan fingerprint density at radius 2 is 1.66 bits per heavy atom. The number of pyridine rings is 1. The third-order valence-electron chi connectivity index (χ3n) is 5.64. The van der Waals surface area contributed by atoms with Crippen molar-refractivity contribution in [3.05, 3.63) is 59.2 Å². The Balaban J connectivity index is 1.50. The molecule has 3 nitrogen and oxygen atoms in total. The molecule has 0 aliphatic rings.